The molecule has 6 heteroatoms. The Balaban J connectivity index is 1.36. The molecule has 0 aliphatic carbocycles. The Labute approximate surface area is 167 Å². The summed E-state index contributed by atoms with van der Waals surface area (Å²) in [5, 5.41) is 1.38. The van der Waals surface area contributed by atoms with E-state index in [-0.39, 0.29) is 24.2 Å². The topological polar surface area (TPSA) is 42.4 Å². The van der Waals surface area contributed by atoms with Gasteiger partial charge in [0, 0.05) is 41.6 Å². The number of carbonyl (C=O) groups excluding carboxylic acids is 1. The highest BCUT2D eigenvalue weighted by atomic mass is 35.5. The van der Waals surface area contributed by atoms with Crippen LogP contribution in [0.1, 0.15) is 18.4 Å². The third-order valence-electron chi connectivity index (χ3n) is 5.04. The van der Waals surface area contributed by atoms with Crippen LogP contribution in [0.25, 0.3) is 10.9 Å². The van der Waals surface area contributed by atoms with Crippen molar-refractivity contribution in [2.45, 2.75) is 25.4 Å². The van der Waals surface area contributed by atoms with Crippen molar-refractivity contribution >= 4 is 28.4 Å². The molecule has 1 aromatic heterocycles. The van der Waals surface area contributed by atoms with Crippen LogP contribution < -0.4 is 4.74 Å². The number of nitrogens with zero attached hydrogens (tertiary/aromatic N) is 2. The normalized spacial score (nSPS) is 16.5. The van der Waals surface area contributed by atoms with Crippen molar-refractivity contribution < 1.29 is 13.9 Å². The number of rotatable bonds is 5. The fourth-order valence-electron chi connectivity index (χ4n) is 3.56. The molecule has 0 spiro atoms. The molecule has 2 heterocycles. The van der Waals surface area contributed by atoms with E-state index in [2.05, 4.69) is 4.98 Å². The van der Waals surface area contributed by atoms with Gasteiger partial charge in [0.25, 0.3) is 0 Å². The highest BCUT2D eigenvalue weighted by Gasteiger charge is 2.28. The predicted molar refractivity (Wildman–Crippen MR) is 107 cm³/mol. The lowest BCUT2D eigenvalue weighted by Crippen LogP contribution is -2.31. The smallest absolute Gasteiger partial charge is 0.223 e. The van der Waals surface area contributed by atoms with Crippen LogP contribution in [-0.2, 0) is 11.2 Å². The minimum Gasteiger partial charge on any atom is -0.486 e. The molecular formula is C22H20ClFN2O2. The van der Waals surface area contributed by atoms with E-state index >= 15 is 0 Å². The van der Waals surface area contributed by atoms with Gasteiger partial charge in [0.15, 0.2) is 0 Å². The van der Waals surface area contributed by atoms with Crippen LogP contribution in [0.2, 0.25) is 5.02 Å². The average Bonchev–Trinajstić information content (AvgIpc) is 3.16. The lowest BCUT2D eigenvalue weighted by atomic mass is 10.1. The van der Waals surface area contributed by atoms with Crippen LogP contribution in [0.15, 0.2) is 54.7 Å². The molecule has 0 bridgehead atoms. The van der Waals surface area contributed by atoms with E-state index < -0.39 is 0 Å². The lowest BCUT2D eigenvalue weighted by Gasteiger charge is -2.18. The quantitative estimate of drug-likeness (QED) is 0.628. The maximum atomic E-state index is 13.9. The molecule has 1 aliphatic rings. The Kier molecular flexibility index (Phi) is 5.44. The number of para-hydroxylation sites is 1. The standard InChI is InChI=1S/C22H20ClFN2O2/c23-18-6-2-7-19(24)17(18)9-10-21(27)26-13-11-16(14-26)28-20-8-1-4-15-5-3-12-25-22(15)20/h1-8,12,16H,9-11,13-14H2. The maximum absolute atomic E-state index is 13.9. The highest BCUT2D eigenvalue weighted by Crippen LogP contribution is 2.27. The highest BCUT2D eigenvalue weighted by molar-refractivity contribution is 6.31. The molecule has 28 heavy (non-hydrogen) atoms. The lowest BCUT2D eigenvalue weighted by molar-refractivity contribution is -0.130. The molecule has 2 aromatic carbocycles. The van der Waals surface area contributed by atoms with Crippen molar-refractivity contribution in [1.82, 2.24) is 9.88 Å². The third kappa shape index (κ3) is 3.94. The predicted octanol–water partition coefficient (Wildman–Crippen LogP) is 4.64. The Morgan fingerprint density at radius 1 is 1.21 bits per heavy atom. The summed E-state index contributed by atoms with van der Waals surface area (Å²) < 4.78 is 20.0. The second-order valence-electron chi connectivity index (χ2n) is 6.90. The van der Waals surface area contributed by atoms with Crippen LogP contribution in [-0.4, -0.2) is 35.0 Å². The number of ether oxygens (including phenoxy) is 1. The number of amides is 1. The van der Waals surface area contributed by atoms with E-state index in [1.165, 1.54) is 6.07 Å². The fourth-order valence-corrected chi connectivity index (χ4v) is 3.82. The van der Waals surface area contributed by atoms with Crippen molar-refractivity contribution in [3.63, 3.8) is 0 Å². The molecule has 1 fully saturated rings. The van der Waals surface area contributed by atoms with Crippen LogP contribution in [0, 0.1) is 5.82 Å². The Morgan fingerprint density at radius 3 is 2.89 bits per heavy atom. The zero-order valence-corrected chi connectivity index (χ0v) is 16.0. The molecule has 144 valence electrons. The summed E-state index contributed by atoms with van der Waals surface area (Å²) in [5.41, 5.74) is 1.22. The zero-order chi connectivity index (χ0) is 19.5. The van der Waals surface area contributed by atoms with Gasteiger partial charge in [0.05, 0.1) is 6.54 Å². The number of halogens is 2. The molecular weight excluding hydrogens is 379 g/mol. The average molecular weight is 399 g/mol. The first-order valence-electron chi connectivity index (χ1n) is 9.33. The van der Waals surface area contributed by atoms with Gasteiger partial charge in [0.1, 0.15) is 23.2 Å². The molecule has 1 unspecified atom stereocenters. The molecule has 0 radical (unpaired) electrons. The summed E-state index contributed by atoms with van der Waals surface area (Å²) in [6, 6.07) is 14.3. The summed E-state index contributed by atoms with van der Waals surface area (Å²) in [6.07, 6.45) is 2.94. The van der Waals surface area contributed by atoms with E-state index in [4.69, 9.17) is 16.3 Å². The number of hydrogen-bond donors (Lipinski definition) is 0. The van der Waals surface area contributed by atoms with Gasteiger partial charge in [-0.15, -0.1) is 0 Å². The number of benzene rings is 2. The Bertz CT molecular complexity index is 985. The van der Waals surface area contributed by atoms with Gasteiger partial charge in [-0.1, -0.05) is 35.9 Å². The second kappa shape index (κ2) is 8.15. The van der Waals surface area contributed by atoms with Gasteiger partial charge in [-0.2, -0.15) is 0 Å². The second-order valence-corrected chi connectivity index (χ2v) is 7.31. The first kappa shape index (κ1) is 18.7. The summed E-state index contributed by atoms with van der Waals surface area (Å²) in [4.78, 5) is 18.7. The fraction of sp³-hybridized carbons (Fsp3) is 0.273. The molecule has 1 amide bonds. The molecule has 0 N–H and O–H groups in total. The third-order valence-corrected chi connectivity index (χ3v) is 5.39. The van der Waals surface area contributed by atoms with E-state index in [1.807, 2.05) is 30.3 Å². The van der Waals surface area contributed by atoms with Gasteiger partial charge in [-0.3, -0.25) is 9.78 Å². The molecule has 1 saturated heterocycles. The zero-order valence-electron chi connectivity index (χ0n) is 15.3. The van der Waals surface area contributed by atoms with Crippen LogP contribution in [0.5, 0.6) is 5.75 Å². The number of pyridine rings is 1. The van der Waals surface area contributed by atoms with Crippen molar-refractivity contribution in [2.75, 3.05) is 13.1 Å². The summed E-state index contributed by atoms with van der Waals surface area (Å²) in [7, 11) is 0. The largest absolute Gasteiger partial charge is 0.486 e. The van der Waals surface area contributed by atoms with Gasteiger partial charge < -0.3 is 9.64 Å². The van der Waals surface area contributed by atoms with Crippen molar-refractivity contribution in [3.05, 3.63) is 71.1 Å². The first-order chi connectivity index (χ1) is 13.6. The SMILES string of the molecule is O=C(CCc1c(F)cccc1Cl)N1CCC(Oc2cccc3cccnc23)C1. The van der Waals surface area contributed by atoms with Crippen LogP contribution in [0.4, 0.5) is 4.39 Å². The Hall–Kier alpha value is -2.66. The summed E-state index contributed by atoms with van der Waals surface area (Å²) >= 11 is 6.04. The summed E-state index contributed by atoms with van der Waals surface area (Å²) in [6.45, 7) is 1.15. The van der Waals surface area contributed by atoms with Gasteiger partial charge in [0.2, 0.25) is 5.91 Å². The molecule has 0 saturated carbocycles. The molecule has 4 rings (SSSR count). The van der Waals surface area contributed by atoms with E-state index in [0.29, 0.717) is 30.1 Å². The number of aromatic nitrogens is 1. The van der Waals surface area contributed by atoms with Gasteiger partial charge in [-0.05, 0) is 30.7 Å². The Morgan fingerprint density at radius 2 is 2.04 bits per heavy atom. The minimum absolute atomic E-state index is 0.0125. The van der Waals surface area contributed by atoms with Crippen LogP contribution in [0.3, 0.4) is 0 Å². The first-order valence-corrected chi connectivity index (χ1v) is 9.70. The van der Waals surface area contributed by atoms with Crippen LogP contribution >= 0.6 is 11.6 Å². The van der Waals surface area contributed by atoms with Crippen molar-refractivity contribution in [2.24, 2.45) is 0 Å². The monoisotopic (exact) mass is 398 g/mol. The molecule has 1 atom stereocenters. The maximum Gasteiger partial charge on any atom is 0.223 e. The number of fused-ring (bicyclic) bond motifs is 1. The molecule has 1 aliphatic heterocycles. The van der Waals surface area contributed by atoms with E-state index in [1.54, 1.807) is 23.2 Å². The number of hydrogen-bond acceptors (Lipinski definition) is 3. The molecule has 3 aromatic rings. The minimum atomic E-state index is -0.369. The van der Waals surface area contributed by atoms with E-state index in [9.17, 15) is 9.18 Å². The van der Waals surface area contributed by atoms with E-state index in [0.717, 1.165) is 23.1 Å². The summed E-state index contributed by atoms with van der Waals surface area (Å²) in [5.74, 6) is 0.350. The van der Waals surface area contributed by atoms with Crippen molar-refractivity contribution in [1.29, 1.82) is 0 Å². The van der Waals surface area contributed by atoms with Gasteiger partial charge >= 0.3 is 0 Å². The number of likely N-dealkylation sites (tertiary alicyclic amines) is 1. The van der Waals surface area contributed by atoms with Crippen molar-refractivity contribution in [3.8, 4) is 5.75 Å². The molecule has 4 nitrogen and oxygen atoms in total. The number of carbonyl (C=O) groups is 1. The van der Waals surface area contributed by atoms with Gasteiger partial charge in [-0.25, -0.2) is 4.39 Å².